The normalized spacial score (nSPS) is 12.3. The van der Waals surface area contributed by atoms with E-state index in [9.17, 15) is 23.3 Å². The molecule has 1 N–H and O–H groups in total. The average Bonchev–Trinajstić information content (AvgIpc) is 2.31. The summed E-state index contributed by atoms with van der Waals surface area (Å²) in [5.74, 6) is 0. The van der Waals surface area contributed by atoms with Crippen molar-refractivity contribution in [2.24, 2.45) is 0 Å². The molecular weight excluding hydrogens is 289 g/mol. The van der Waals surface area contributed by atoms with Gasteiger partial charge >= 0.3 is 11.9 Å². The van der Waals surface area contributed by atoms with Crippen LogP contribution in [0.25, 0.3) is 0 Å². The molecule has 0 unspecified atom stereocenters. The molecule has 1 aromatic carbocycles. The van der Waals surface area contributed by atoms with E-state index in [0.29, 0.717) is 6.07 Å². The Bertz CT molecular complexity index is 510. The molecule has 21 heavy (non-hydrogen) atoms. The molecule has 0 fully saturated rings. The fourth-order valence-electron chi connectivity index (χ4n) is 1.65. The topological polar surface area (TPSA) is 64.4 Å². The molecule has 118 valence electrons. The number of alkyl halides is 3. The van der Waals surface area contributed by atoms with Crippen LogP contribution in [-0.4, -0.2) is 23.7 Å². The fraction of sp³-hybridized carbons (Fsp3) is 0.538. The standard InChI is InChI=1S/C13H17F3N2O3/c1-12(2,3)21-8-7-17-10-6-4-5-9(13(14,15)16)11(10)18(19)20/h4-6,17H,7-8H2,1-3H3. The van der Waals surface area contributed by atoms with Crippen molar-refractivity contribution < 1.29 is 22.8 Å². The van der Waals surface area contributed by atoms with Gasteiger partial charge in [-0.05, 0) is 32.9 Å². The Morgan fingerprint density at radius 3 is 2.38 bits per heavy atom. The molecule has 8 heteroatoms. The van der Waals surface area contributed by atoms with E-state index in [4.69, 9.17) is 4.74 Å². The summed E-state index contributed by atoms with van der Waals surface area (Å²) in [7, 11) is 0. The maximum Gasteiger partial charge on any atom is 0.423 e. The zero-order valence-corrected chi connectivity index (χ0v) is 12.0. The van der Waals surface area contributed by atoms with Gasteiger partial charge in [0, 0.05) is 6.54 Å². The molecule has 0 aliphatic carbocycles. The number of nitrogens with one attached hydrogen (secondary N) is 1. The molecule has 1 rings (SSSR count). The zero-order chi connectivity index (χ0) is 16.3. The number of nitro benzene ring substituents is 1. The predicted molar refractivity (Wildman–Crippen MR) is 72.3 cm³/mol. The molecule has 0 radical (unpaired) electrons. The second kappa shape index (κ2) is 6.30. The maximum atomic E-state index is 12.8. The highest BCUT2D eigenvalue weighted by Crippen LogP contribution is 2.39. The molecule has 0 spiro atoms. The summed E-state index contributed by atoms with van der Waals surface area (Å²) in [5, 5.41) is 13.5. The Morgan fingerprint density at radius 1 is 1.29 bits per heavy atom. The highest BCUT2D eigenvalue weighted by atomic mass is 19.4. The number of ether oxygens (including phenoxy) is 1. The van der Waals surface area contributed by atoms with Crippen molar-refractivity contribution in [1.82, 2.24) is 0 Å². The van der Waals surface area contributed by atoms with Crippen molar-refractivity contribution in [2.45, 2.75) is 32.5 Å². The number of para-hydroxylation sites is 1. The number of nitro groups is 1. The quantitative estimate of drug-likeness (QED) is 0.510. The van der Waals surface area contributed by atoms with Crippen LogP contribution in [0.15, 0.2) is 18.2 Å². The van der Waals surface area contributed by atoms with Crippen molar-refractivity contribution in [3.63, 3.8) is 0 Å². The summed E-state index contributed by atoms with van der Waals surface area (Å²) in [5.41, 5.74) is -2.80. The van der Waals surface area contributed by atoms with Crippen molar-refractivity contribution in [3.8, 4) is 0 Å². The lowest BCUT2D eigenvalue weighted by Crippen LogP contribution is -2.23. The van der Waals surface area contributed by atoms with E-state index in [-0.39, 0.29) is 24.4 Å². The SMILES string of the molecule is CC(C)(C)OCCNc1cccc(C(F)(F)F)c1[N+](=O)[O-]. The van der Waals surface area contributed by atoms with Crippen LogP contribution in [0.3, 0.4) is 0 Å². The highest BCUT2D eigenvalue weighted by Gasteiger charge is 2.39. The number of rotatable bonds is 5. The molecule has 0 aliphatic heterocycles. The Labute approximate surface area is 120 Å². The van der Waals surface area contributed by atoms with E-state index in [1.807, 2.05) is 20.8 Å². The lowest BCUT2D eigenvalue weighted by Gasteiger charge is -2.20. The first-order valence-electron chi connectivity index (χ1n) is 6.25. The van der Waals surface area contributed by atoms with E-state index in [1.165, 1.54) is 6.07 Å². The molecule has 0 saturated heterocycles. The number of hydrogen-bond acceptors (Lipinski definition) is 4. The molecular formula is C13H17F3N2O3. The monoisotopic (exact) mass is 306 g/mol. The summed E-state index contributed by atoms with van der Waals surface area (Å²) < 4.78 is 43.7. The smallest absolute Gasteiger partial charge is 0.377 e. The van der Waals surface area contributed by atoms with E-state index in [2.05, 4.69) is 5.32 Å². The van der Waals surface area contributed by atoms with Gasteiger partial charge in [0.2, 0.25) is 0 Å². The Morgan fingerprint density at radius 2 is 1.90 bits per heavy atom. The van der Waals surface area contributed by atoms with Gasteiger partial charge in [0.05, 0.1) is 17.1 Å². The minimum Gasteiger partial charge on any atom is -0.377 e. The number of halogens is 3. The molecule has 0 amide bonds. The molecule has 0 heterocycles. The first kappa shape index (κ1) is 17.2. The van der Waals surface area contributed by atoms with Crippen molar-refractivity contribution >= 4 is 11.4 Å². The van der Waals surface area contributed by atoms with Gasteiger partial charge in [-0.1, -0.05) is 6.07 Å². The lowest BCUT2D eigenvalue weighted by molar-refractivity contribution is -0.387. The predicted octanol–water partition coefficient (Wildman–Crippen LogP) is 3.84. The Kier molecular flexibility index (Phi) is 5.16. The summed E-state index contributed by atoms with van der Waals surface area (Å²) in [6.07, 6.45) is -4.78. The van der Waals surface area contributed by atoms with Crippen LogP contribution in [0.4, 0.5) is 24.5 Å². The first-order chi connectivity index (χ1) is 9.52. The number of anilines is 1. The second-order valence-corrected chi connectivity index (χ2v) is 5.34. The summed E-state index contributed by atoms with van der Waals surface area (Å²) in [6, 6.07) is 3.06. The van der Waals surface area contributed by atoms with Gasteiger partial charge in [0.1, 0.15) is 11.3 Å². The van der Waals surface area contributed by atoms with Crippen LogP contribution in [0.1, 0.15) is 26.3 Å². The van der Waals surface area contributed by atoms with Crippen molar-refractivity contribution in [3.05, 3.63) is 33.9 Å². The summed E-state index contributed by atoms with van der Waals surface area (Å²) in [6.45, 7) is 5.88. The molecule has 1 aromatic rings. The van der Waals surface area contributed by atoms with Gasteiger partial charge in [-0.2, -0.15) is 13.2 Å². The maximum absolute atomic E-state index is 12.8. The van der Waals surface area contributed by atoms with Crippen LogP contribution in [0.5, 0.6) is 0 Å². The van der Waals surface area contributed by atoms with Gasteiger partial charge in [0.15, 0.2) is 0 Å². The molecule has 5 nitrogen and oxygen atoms in total. The van der Waals surface area contributed by atoms with Crippen LogP contribution in [0.2, 0.25) is 0 Å². The minimum atomic E-state index is -4.78. The molecule has 0 bridgehead atoms. The lowest BCUT2D eigenvalue weighted by atomic mass is 10.1. The molecule has 0 aliphatic rings. The van der Waals surface area contributed by atoms with Crippen LogP contribution in [-0.2, 0) is 10.9 Å². The third-order valence-corrected chi connectivity index (χ3v) is 2.48. The largest absolute Gasteiger partial charge is 0.423 e. The zero-order valence-electron chi connectivity index (χ0n) is 12.0. The van der Waals surface area contributed by atoms with E-state index in [1.54, 1.807) is 0 Å². The van der Waals surface area contributed by atoms with E-state index < -0.39 is 22.4 Å². The van der Waals surface area contributed by atoms with Gasteiger partial charge in [-0.25, -0.2) is 0 Å². The first-order valence-corrected chi connectivity index (χ1v) is 6.25. The summed E-state index contributed by atoms with van der Waals surface area (Å²) in [4.78, 5) is 9.88. The minimum absolute atomic E-state index is 0.166. The van der Waals surface area contributed by atoms with Gasteiger partial charge in [-0.15, -0.1) is 0 Å². The number of nitrogens with zero attached hydrogens (tertiary/aromatic N) is 1. The summed E-state index contributed by atoms with van der Waals surface area (Å²) >= 11 is 0. The van der Waals surface area contributed by atoms with Gasteiger partial charge in [0.25, 0.3) is 0 Å². The fourth-order valence-corrected chi connectivity index (χ4v) is 1.65. The number of hydrogen-bond donors (Lipinski definition) is 1. The second-order valence-electron chi connectivity index (χ2n) is 5.34. The third kappa shape index (κ3) is 5.22. The van der Waals surface area contributed by atoms with Crippen LogP contribution >= 0.6 is 0 Å². The Balaban J connectivity index is 2.90. The molecule has 0 aromatic heterocycles. The molecule has 0 atom stereocenters. The van der Waals surface area contributed by atoms with Crippen molar-refractivity contribution in [1.29, 1.82) is 0 Å². The van der Waals surface area contributed by atoms with Crippen molar-refractivity contribution in [2.75, 3.05) is 18.5 Å². The third-order valence-electron chi connectivity index (χ3n) is 2.48. The van der Waals surface area contributed by atoms with Crippen LogP contribution in [0, 0.1) is 10.1 Å². The van der Waals surface area contributed by atoms with E-state index >= 15 is 0 Å². The van der Waals surface area contributed by atoms with Gasteiger partial charge in [-0.3, -0.25) is 10.1 Å². The van der Waals surface area contributed by atoms with Gasteiger partial charge < -0.3 is 10.1 Å². The molecule has 0 saturated carbocycles. The Hall–Kier alpha value is -1.83. The van der Waals surface area contributed by atoms with E-state index in [0.717, 1.165) is 6.07 Å². The average molecular weight is 306 g/mol. The number of benzene rings is 1. The highest BCUT2D eigenvalue weighted by molar-refractivity contribution is 5.66. The van der Waals surface area contributed by atoms with Crippen LogP contribution < -0.4 is 5.32 Å².